The number of hydrogen-bond donors (Lipinski definition) is 1. The van der Waals surface area contributed by atoms with Gasteiger partial charge in [-0.3, -0.25) is 4.79 Å². The fraction of sp³-hybridized carbons (Fsp3) is 0.286. The lowest BCUT2D eigenvalue weighted by atomic mass is 10.2. The Kier molecular flexibility index (Phi) is 6.79. The molecule has 0 unspecified atom stereocenters. The molecule has 1 aromatic rings. The molecule has 0 spiro atoms. The summed E-state index contributed by atoms with van der Waals surface area (Å²) in [5.74, 6) is -1.28. The fourth-order valence-corrected chi connectivity index (χ4v) is 1.57. The van der Waals surface area contributed by atoms with Crippen molar-refractivity contribution in [2.24, 2.45) is 0 Å². The third-order valence-corrected chi connectivity index (χ3v) is 2.74. The summed E-state index contributed by atoms with van der Waals surface area (Å²) in [6.45, 7) is 3.97. The summed E-state index contributed by atoms with van der Waals surface area (Å²) in [6.07, 6.45) is 1.12. The Bertz CT molecular complexity index is 496. The molecule has 108 valence electrons. The van der Waals surface area contributed by atoms with Gasteiger partial charge >= 0.3 is 5.97 Å². The van der Waals surface area contributed by atoms with Crippen LogP contribution in [-0.4, -0.2) is 25.1 Å². The van der Waals surface area contributed by atoms with E-state index in [1.807, 2.05) is 0 Å². The molecule has 0 aliphatic rings. The van der Waals surface area contributed by atoms with E-state index in [1.54, 1.807) is 38.1 Å². The molecular weight excluding hydrogens is 326 g/mol. The lowest BCUT2D eigenvalue weighted by Gasteiger charge is -2.08. The van der Waals surface area contributed by atoms with Gasteiger partial charge in [0.1, 0.15) is 6.26 Å². The number of halogens is 1. The predicted octanol–water partition coefficient (Wildman–Crippen LogP) is 2.87. The van der Waals surface area contributed by atoms with Crippen LogP contribution in [0.25, 0.3) is 0 Å². The van der Waals surface area contributed by atoms with E-state index >= 15 is 0 Å². The lowest BCUT2D eigenvalue weighted by Crippen LogP contribution is -2.22. The molecule has 0 aliphatic heterocycles. The quantitative estimate of drug-likeness (QED) is 0.284. The van der Waals surface area contributed by atoms with Crippen LogP contribution in [-0.2, 0) is 19.1 Å². The molecule has 1 N–H and O–H groups in total. The van der Waals surface area contributed by atoms with Crippen LogP contribution in [0.4, 0.5) is 5.69 Å². The maximum atomic E-state index is 12.0. The zero-order chi connectivity index (χ0) is 15.0. The summed E-state index contributed by atoms with van der Waals surface area (Å²) in [7, 11) is 0. The SMILES string of the molecule is CCOC=C(C(=O)Nc1ccc(Br)cc1)C(=O)OCC. The Labute approximate surface area is 126 Å². The number of benzene rings is 1. The van der Waals surface area contributed by atoms with Gasteiger partial charge in [-0.25, -0.2) is 4.79 Å². The molecular formula is C14H16BrNO4. The van der Waals surface area contributed by atoms with Gasteiger partial charge in [-0.05, 0) is 38.1 Å². The van der Waals surface area contributed by atoms with Crippen molar-refractivity contribution in [3.05, 3.63) is 40.6 Å². The van der Waals surface area contributed by atoms with Gasteiger partial charge in [-0.2, -0.15) is 0 Å². The minimum absolute atomic E-state index is 0.170. The van der Waals surface area contributed by atoms with Crippen molar-refractivity contribution in [1.29, 1.82) is 0 Å². The molecule has 0 radical (unpaired) electrons. The van der Waals surface area contributed by atoms with Crippen LogP contribution in [0, 0.1) is 0 Å². The number of esters is 1. The van der Waals surface area contributed by atoms with Crippen LogP contribution in [0.15, 0.2) is 40.6 Å². The van der Waals surface area contributed by atoms with E-state index in [1.165, 1.54) is 0 Å². The fourth-order valence-electron chi connectivity index (χ4n) is 1.30. The molecule has 5 nitrogen and oxygen atoms in total. The molecule has 0 fully saturated rings. The number of anilines is 1. The molecule has 0 atom stereocenters. The maximum absolute atomic E-state index is 12.0. The molecule has 6 heteroatoms. The van der Waals surface area contributed by atoms with E-state index in [4.69, 9.17) is 9.47 Å². The van der Waals surface area contributed by atoms with Crippen LogP contribution >= 0.6 is 15.9 Å². The molecule has 1 amide bonds. The van der Waals surface area contributed by atoms with Gasteiger partial charge in [0.25, 0.3) is 5.91 Å². The molecule has 0 saturated heterocycles. The van der Waals surface area contributed by atoms with Crippen molar-refractivity contribution in [1.82, 2.24) is 0 Å². The highest BCUT2D eigenvalue weighted by atomic mass is 79.9. The smallest absolute Gasteiger partial charge is 0.346 e. The monoisotopic (exact) mass is 341 g/mol. The minimum Gasteiger partial charge on any atom is -0.500 e. The van der Waals surface area contributed by atoms with Gasteiger partial charge in [0.05, 0.1) is 13.2 Å². The van der Waals surface area contributed by atoms with Crippen LogP contribution in [0.5, 0.6) is 0 Å². The number of carbonyl (C=O) groups excluding carboxylic acids is 2. The van der Waals surface area contributed by atoms with Crippen LogP contribution in [0.3, 0.4) is 0 Å². The number of hydrogen-bond acceptors (Lipinski definition) is 4. The topological polar surface area (TPSA) is 64.6 Å². The first-order chi connectivity index (χ1) is 9.58. The first-order valence-corrected chi connectivity index (χ1v) is 6.93. The highest BCUT2D eigenvalue weighted by Gasteiger charge is 2.20. The molecule has 20 heavy (non-hydrogen) atoms. The largest absolute Gasteiger partial charge is 0.500 e. The van der Waals surface area contributed by atoms with E-state index < -0.39 is 11.9 Å². The molecule has 0 heterocycles. The summed E-state index contributed by atoms with van der Waals surface area (Å²) in [5, 5.41) is 2.61. The summed E-state index contributed by atoms with van der Waals surface area (Å²) in [5.41, 5.74) is 0.404. The van der Waals surface area contributed by atoms with Crippen molar-refractivity contribution in [3.63, 3.8) is 0 Å². The number of amides is 1. The zero-order valence-electron chi connectivity index (χ0n) is 11.3. The van der Waals surface area contributed by atoms with E-state index in [9.17, 15) is 9.59 Å². The van der Waals surface area contributed by atoms with Gasteiger partial charge in [0.2, 0.25) is 0 Å². The van der Waals surface area contributed by atoms with Gasteiger partial charge in [-0.1, -0.05) is 15.9 Å². The number of rotatable bonds is 6. The van der Waals surface area contributed by atoms with E-state index in [0.29, 0.717) is 12.3 Å². The highest BCUT2D eigenvalue weighted by Crippen LogP contribution is 2.15. The second kappa shape index (κ2) is 8.37. The number of carbonyl (C=O) groups is 2. The predicted molar refractivity (Wildman–Crippen MR) is 79.1 cm³/mol. The Hall–Kier alpha value is -1.82. The Morgan fingerprint density at radius 3 is 2.40 bits per heavy atom. The Morgan fingerprint density at radius 1 is 1.20 bits per heavy atom. The van der Waals surface area contributed by atoms with Crippen molar-refractivity contribution in [2.75, 3.05) is 18.5 Å². The second-order valence-corrected chi connectivity index (χ2v) is 4.58. The maximum Gasteiger partial charge on any atom is 0.346 e. The second-order valence-electron chi connectivity index (χ2n) is 3.67. The van der Waals surface area contributed by atoms with E-state index in [2.05, 4.69) is 21.2 Å². The van der Waals surface area contributed by atoms with Gasteiger partial charge in [-0.15, -0.1) is 0 Å². The lowest BCUT2D eigenvalue weighted by molar-refractivity contribution is -0.139. The van der Waals surface area contributed by atoms with E-state index in [0.717, 1.165) is 10.7 Å². The zero-order valence-corrected chi connectivity index (χ0v) is 12.9. The average molecular weight is 342 g/mol. The molecule has 0 bridgehead atoms. The van der Waals surface area contributed by atoms with Crippen molar-refractivity contribution >= 4 is 33.5 Å². The molecule has 1 aromatic carbocycles. The van der Waals surface area contributed by atoms with Crippen molar-refractivity contribution in [2.45, 2.75) is 13.8 Å². The molecule has 0 aromatic heterocycles. The molecule has 0 aliphatic carbocycles. The van der Waals surface area contributed by atoms with Gasteiger partial charge < -0.3 is 14.8 Å². The standard InChI is InChI=1S/C14H16BrNO4/c1-3-19-9-12(14(18)20-4-2)13(17)16-11-7-5-10(15)6-8-11/h5-9H,3-4H2,1-2H3,(H,16,17). The molecule has 0 saturated carbocycles. The van der Waals surface area contributed by atoms with Crippen LogP contribution in [0.2, 0.25) is 0 Å². The normalized spacial score (nSPS) is 10.8. The van der Waals surface area contributed by atoms with Crippen LogP contribution in [0.1, 0.15) is 13.8 Å². The summed E-state index contributed by atoms with van der Waals surface area (Å²) in [6, 6.07) is 6.99. The minimum atomic E-state index is -0.712. The highest BCUT2D eigenvalue weighted by molar-refractivity contribution is 9.10. The van der Waals surface area contributed by atoms with Gasteiger partial charge in [0, 0.05) is 10.2 Å². The Morgan fingerprint density at radius 2 is 1.85 bits per heavy atom. The third kappa shape index (κ3) is 5.05. The number of ether oxygens (including phenoxy) is 2. The van der Waals surface area contributed by atoms with E-state index in [-0.39, 0.29) is 12.2 Å². The molecule has 1 rings (SSSR count). The average Bonchev–Trinajstić information content (AvgIpc) is 2.42. The number of nitrogens with one attached hydrogen (secondary N) is 1. The third-order valence-electron chi connectivity index (χ3n) is 2.21. The summed E-state index contributed by atoms with van der Waals surface area (Å²) in [4.78, 5) is 23.7. The Balaban J connectivity index is 2.82. The van der Waals surface area contributed by atoms with Crippen molar-refractivity contribution in [3.8, 4) is 0 Å². The summed E-state index contributed by atoms with van der Waals surface area (Å²) < 4.78 is 10.7. The first-order valence-electron chi connectivity index (χ1n) is 6.14. The first kappa shape index (κ1) is 16.2. The van der Waals surface area contributed by atoms with Crippen molar-refractivity contribution < 1.29 is 19.1 Å². The van der Waals surface area contributed by atoms with Crippen LogP contribution < -0.4 is 5.32 Å². The van der Waals surface area contributed by atoms with Gasteiger partial charge in [0.15, 0.2) is 5.57 Å². The summed E-state index contributed by atoms with van der Waals surface area (Å²) >= 11 is 3.30.